The van der Waals surface area contributed by atoms with Crippen LogP contribution in [0.15, 0.2) is 0 Å². The van der Waals surface area contributed by atoms with Crippen LogP contribution in [-0.2, 0) is 9.53 Å². The molecule has 0 amide bonds. The molecule has 3 unspecified atom stereocenters. The molecule has 0 aromatic carbocycles. The van der Waals surface area contributed by atoms with Crippen molar-refractivity contribution < 1.29 is 9.53 Å². The molecule has 0 radical (unpaired) electrons. The predicted molar refractivity (Wildman–Crippen MR) is 36.6 cm³/mol. The number of Topliss-reactive ketones (excluding diaryl/α,β-unsaturated/α-hetero) is 1. The third kappa shape index (κ3) is 0.717. The van der Waals surface area contributed by atoms with Crippen molar-refractivity contribution in [2.75, 3.05) is 7.11 Å². The number of ether oxygens (including phenoxy) is 1. The molecule has 2 aliphatic rings. The summed E-state index contributed by atoms with van der Waals surface area (Å²) in [7, 11) is 1.75. The van der Waals surface area contributed by atoms with Gasteiger partial charge in [-0.1, -0.05) is 0 Å². The van der Waals surface area contributed by atoms with Crippen molar-refractivity contribution in [1.29, 1.82) is 0 Å². The topological polar surface area (TPSA) is 26.3 Å². The molecule has 2 heteroatoms. The normalized spacial score (nSPS) is 44.9. The molecule has 2 fully saturated rings. The SMILES string of the molecule is COC1CC2CC1CC2=O. The van der Waals surface area contributed by atoms with Crippen LogP contribution in [0.5, 0.6) is 0 Å². The Hall–Kier alpha value is -0.370. The van der Waals surface area contributed by atoms with Gasteiger partial charge in [0.15, 0.2) is 0 Å². The molecule has 3 atom stereocenters. The molecule has 0 aliphatic heterocycles. The van der Waals surface area contributed by atoms with E-state index in [0.29, 0.717) is 23.7 Å². The van der Waals surface area contributed by atoms with Gasteiger partial charge in [-0.05, 0) is 18.8 Å². The number of methoxy groups -OCH3 is 1. The van der Waals surface area contributed by atoms with E-state index in [1.807, 2.05) is 0 Å². The summed E-state index contributed by atoms with van der Waals surface area (Å²) in [6.07, 6.45) is 3.25. The fraction of sp³-hybridized carbons (Fsp3) is 0.875. The van der Waals surface area contributed by atoms with E-state index in [1.165, 1.54) is 0 Å². The van der Waals surface area contributed by atoms with Gasteiger partial charge in [0.25, 0.3) is 0 Å². The maximum Gasteiger partial charge on any atom is 0.136 e. The summed E-state index contributed by atoms with van der Waals surface area (Å²) >= 11 is 0. The third-order valence-electron chi connectivity index (χ3n) is 2.85. The number of fused-ring (bicyclic) bond motifs is 2. The number of hydrogen-bond acceptors (Lipinski definition) is 2. The highest BCUT2D eigenvalue weighted by molar-refractivity contribution is 5.84. The second kappa shape index (κ2) is 2.06. The summed E-state index contributed by atoms with van der Waals surface area (Å²) in [6.45, 7) is 0. The molecule has 0 aromatic rings. The molecule has 0 heterocycles. The summed E-state index contributed by atoms with van der Waals surface area (Å²) in [4.78, 5) is 11.0. The number of carbonyl (C=O) groups is 1. The van der Waals surface area contributed by atoms with Crippen LogP contribution in [0.25, 0.3) is 0 Å². The van der Waals surface area contributed by atoms with E-state index in [4.69, 9.17) is 4.74 Å². The number of rotatable bonds is 1. The Kier molecular flexibility index (Phi) is 1.31. The van der Waals surface area contributed by atoms with Crippen molar-refractivity contribution in [3.63, 3.8) is 0 Å². The van der Waals surface area contributed by atoms with E-state index in [1.54, 1.807) is 7.11 Å². The fourth-order valence-corrected chi connectivity index (χ4v) is 2.28. The van der Waals surface area contributed by atoms with Crippen molar-refractivity contribution in [3.8, 4) is 0 Å². The van der Waals surface area contributed by atoms with Gasteiger partial charge in [0, 0.05) is 19.4 Å². The number of hydrogen-bond donors (Lipinski definition) is 0. The van der Waals surface area contributed by atoms with Gasteiger partial charge < -0.3 is 4.74 Å². The first-order chi connectivity index (χ1) is 4.81. The van der Waals surface area contributed by atoms with Crippen LogP contribution >= 0.6 is 0 Å². The van der Waals surface area contributed by atoms with E-state index in [-0.39, 0.29) is 0 Å². The van der Waals surface area contributed by atoms with E-state index in [9.17, 15) is 4.79 Å². The van der Waals surface area contributed by atoms with Gasteiger partial charge in [0.05, 0.1) is 6.10 Å². The summed E-state index contributed by atoms with van der Waals surface area (Å²) in [5.41, 5.74) is 0. The second-order valence-electron chi connectivity index (χ2n) is 3.37. The van der Waals surface area contributed by atoms with Crippen LogP contribution in [0.2, 0.25) is 0 Å². The van der Waals surface area contributed by atoms with Crippen molar-refractivity contribution in [2.24, 2.45) is 11.8 Å². The molecule has 2 bridgehead atoms. The number of carbonyl (C=O) groups excluding carboxylic acids is 1. The molecule has 2 saturated carbocycles. The van der Waals surface area contributed by atoms with Crippen LogP contribution in [-0.4, -0.2) is 19.0 Å². The highest BCUT2D eigenvalue weighted by Crippen LogP contribution is 2.43. The first-order valence-corrected chi connectivity index (χ1v) is 3.86. The van der Waals surface area contributed by atoms with Gasteiger partial charge in [0.2, 0.25) is 0 Å². The maximum absolute atomic E-state index is 11.0. The Balaban J connectivity index is 2.09. The van der Waals surface area contributed by atoms with Crippen LogP contribution in [0, 0.1) is 11.8 Å². The van der Waals surface area contributed by atoms with Crippen molar-refractivity contribution in [2.45, 2.75) is 25.4 Å². The first-order valence-electron chi connectivity index (χ1n) is 3.86. The van der Waals surface area contributed by atoms with Gasteiger partial charge in [0.1, 0.15) is 5.78 Å². The zero-order valence-electron chi connectivity index (χ0n) is 6.17. The Morgan fingerprint density at radius 2 is 2.30 bits per heavy atom. The quantitative estimate of drug-likeness (QED) is 0.543. The average Bonchev–Trinajstić information content (AvgIpc) is 2.44. The van der Waals surface area contributed by atoms with Crippen LogP contribution in [0.3, 0.4) is 0 Å². The lowest BCUT2D eigenvalue weighted by Gasteiger charge is -2.18. The zero-order valence-corrected chi connectivity index (χ0v) is 6.17. The monoisotopic (exact) mass is 140 g/mol. The van der Waals surface area contributed by atoms with Crippen molar-refractivity contribution >= 4 is 5.78 Å². The minimum atomic E-state index is 0.356. The minimum Gasteiger partial charge on any atom is -0.381 e. The Morgan fingerprint density at radius 1 is 1.50 bits per heavy atom. The molecular formula is C8H12O2. The minimum absolute atomic E-state index is 0.356. The van der Waals surface area contributed by atoms with Crippen LogP contribution < -0.4 is 0 Å². The Labute approximate surface area is 60.6 Å². The predicted octanol–water partition coefficient (Wildman–Crippen LogP) is 1.00. The largest absolute Gasteiger partial charge is 0.381 e. The molecule has 0 saturated heterocycles. The van der Waals surface area contributed by atoms with Gasteiger partial charge in [-0.3, -0.25) is 4.79 Å². The maximum atomic E-state index is 11.0. The average molecular weight is 140 g/mol. The van der Waals surface area contributed by atoms with Crippen molar-refractivity contribution in [3.05, 3.63) is 0 Å². The summed E-state index contributed by atoms with van der Waals surface area (Å²) in [5.74, 6) is 1.38. The smallest absolute Gasteiger partial charge is 0.136 e. The summed E-state index contributed by atoms with van der Waals surface area (Å²) in [5, 5.41) is 0. The van der Waals surface area contributed by atoms with E-state index < -0.39 is 0 Å². The van der Waals surface area contributed by atoms with Crippen molar-refractivity contribution in [1.82, 2.24) is 0 Å². The molecule has 2 nitrogen and oxygen atoms in total. The van der Waals surface area contributed by atoms with E-state index in [2.05, 4.69) is 0 Å². The van der Waals surface area contributed by atoms with E-state index in [0.717, 1.165) is 19.3 Å². The Bertz CT molecular complexity index is 165. The Morgan fingerprint density at radius 3 is 2.70 bits per heavy atom. The summed E-state index contributed by atoms with van der Waals surface area (Å²) < 4.78 is 5.24. The molecule has 56 valence electrons. The fourth-order valence-electron chi connectivity index (χ4n) is 2.28. The van der Waals surface area contributed by atoms with E-state index >= 15 is 0 Å². The zero-order chi connectivity index (χ0) is 7.14. The van der Waals surface area contributed by atoms with Gasteiger partial charge in [-0.25, -0.2) is 0 Å². The lowest BCUT2D eigenvalue weighted by Crippen LogP contribution is -2.23. The molecule has 10 heavy (non-hydrogen) atoms. The van der Waals surface area contributed by atoms with Gasteiger partial charge in [-0.15, -0.1) is 0 Å². The third-order valence-corrected chi connectivity index (χ3v) is 2.85. The number of ketones is 1. The molecule has 2 aliphatic carbocycles. The molecule has 0 spiro atoms. The molecule has 2 rings (SSSR count). The standard InChI is InChI=1S/C8H12O2/c1-10-8-4-5-2-6(8)3-7(5)9/h5-6,8H,2-4H2,1H3. The molecule has 0 N–H and O–H groups in total. The first kappa shape index (κ1) is 6.35. The van der Waals surface area contributed by atoms with Crippen LogP contribution in [0.1, 0.15) is 19.3 Å². The van der Waals surface area contributed by atoms with Gasteiger partial charge >= 0.3 is 0 Å². The highest BCUT2D eigenvalue weighted by Gasteiger charge is 2.45. The lowest BCUT2D eigenvalue weighted by molar-refractivity contribution is -0.123. The lowest BCUT2D eigenvalue weighted by atomic mass is 9.97. The molecule has 0 aromatic heterocycles. The summed E-state index contributed by atoms with van der Waals surface area (Å²) in [6, 6.07) is 0. The van der Waals surface area contributed by atoms with Crippen LogP contribution in [0.4, 0.5) is 0 Å². The van der Waals surface area contributed by atoms with Gasteiger partial charge in [-0.2, -0.15) is 0 Å². The second-order valence-corrected chi connectivity index (χ2v) is 3.37. The molecular weight excluding hydrogens is 128 g/mol. The highest BCUT2D eigenvalue weighted by atomic mass is 16.5.